The molecule has 1 heterocycles. The molecule has 1 saturated heterocycles. The van der Waals surface area contributed by atoms with Crippen molar-refractivity contribution in [3.05, 3.63) is 0 Å². The fraction of sp³-hybridized carbons (Fsp3) is 1.00. The molecule has 0 aromatic rings. The molecular formula is C16H32N2. The van der Waals surface area contributed by atoms with Crippen molar-refractivity contribution in [2.75, 3.05) is 26.7 Å². The van der Waals surface area contributed by atoms with Crippen LogP contribution in [-0.2, 0) is 0 Å². The van der Waals surface area contributed by atoms with Crippen LogP contribution in [0.3, 0.4) is 0 Å². The molecule has 1 N–H and O–H groups in total. The molecule has 2 aliphatic rings. The Bertz CT molecular complexity index is 221. The van der Waals surface area contributed by atoms with E-state index in [1.807, 2.05) is 0 Å². The van der Waals surface area contributed by atoms with Crippen molar-refractivity contribution in [3.63, 3.8) is 0 Å². The van der Waals surface area contributed by atoms with Crippen LogP contribution in [0.4, 0.5) is 0 Å². The third kappa shape index (κ3) is 3.71. The van der Waals surface area contributed by atoms with E-state index in [4.69, 9.17) is 0 Å². The Morgan fingerprint density at radius 3 is 2.44 bits per heavy atom. The predicted molar refractivity (Wildman–Crippen MR) is 78.9 cm³/mol. The molecule has 2 atom stereocenters. The van der Waals surface area contributed by atoms with Gasteiger partial charge in [0.15, 0.2) is 0 Å². The smallest absolute Gasteiger partial charge is 0.0123 e. The lowest BCUT2D eigenvalue weighted by Crippen LogP contribution is -2.46. The molecule has 0 aromatic heterocycles. The molecule has 0 spiro atoms. The van der Waals surface area contributed by atoms with Gasteiger partial charge in [-0.05, 0) is 70.6 Å². The van der Waals surface area contributed by atoms with Gasteiger partial charge in [0.1, 0.15) is 0 Å². The number of hydrogen-bond acceptors (Lipinski definition) is 2. The SMILES string of the molecule is CCC1CCCCC1N1CCC(CCNC)CC1. The first kappa shape index (κ1) is 14.3. The zero-order valence-corrected chi connectivity index (χ0v) is 12.5. The normalized spacial score (nSPS) is 31.7. The van der Waals surface area contributed by atoms with Gasteiger partial charge >= 0.3 is 0 Å². The average molecular weight is 252 g/mol. The van der Waals surface area contributed by atoms with Gasteiger partial charge in [0.25, 0.3) is 0 Å². The lowest BCUT2D eigenvalue weighted by Gasteiger charge is -2.43. The minimum atomic E-state index is 0.925. The molecule has 2 unspecified atom stereocenters. The molecule has 1 aliphatic heterocycles. The highest BCUT2D eigenvalue weighted by molar-refractivity contribution is 4.85. The number of hydrogen-bond donors (Lipinski definition) is 1. The molecule has 0 bridgehead atoms. The number of nitrogens with zero attached hydrogens (tertiary/aromatic N) is 1. The van der Waals surface area contributed by atoms with Crippen molar-refractivity contribution in [1.82, 2.24) is 10.2 Å². The third-order valence-corrected chi connectivity index (χ3v) is 5.31. The van der Waals surface area contributed by atoms with Crippen molar-refractivity contribution in [1.29, 1.82) is 0 Å². The largest absolute Gasteiger partial charge is 0.320 e. The van der Waals surface area contributed by atoms with E-state index in [1.165, 1.54) is 71.0 Å². The maximum absolute atomic E-state index is 3.29. The molecule has 2 fully saturated rings. The maximum atomic E-state index is 3.29. The van der Waals surface area contributed by atoms with Gasteiger partial charge in [-0.2, -0.15) is 0 Å². The van der Waals surface area contributed by atoms with E-state index < -0.39 is 0 Å². The van der Waals surface area contributed by atoms with E-state index in [0.717, 1.165) is 17.9 Å². The summed E-state index contributed by atoms with van der Waals surface area (Å²) in [4.78, 5) is 2.84. The summed E-state index contributed by atoms with van der Waals surface area (Å²) in [5, 5.41) is 3.29. The van der Waals surface area contributed by atoms with Gasteiger partial charge in [-0.15, -0.1) is 0 Å². The summed E-state index contributed by atoms with van der Waals surface area (Å²) in [6.45, 7) is 6.33. The lowest BCUT2D eigenvalue weighted by atomic mass is 9.80. The number of piperidine rings is 1. The van der Waals surface area contributed by atoms with Gasteiger partial charge in [-0.25, -0.2) is 0 Å². The topological polar surface area (TPSA) is 15.3 Å². The number of likely N-dealkylation sites (tertiary alicyclic amines) is 1. The summed E-state index contributed by atoms with van der Waals surface area (Å²) in [5.74, 6) is 1.98. The summed E-state index contributed by atoms with van der Waals surface area (Å²) < 4.78 is 0. The quantitative estimate of drug-likeness (QED) is 0.808. The van der Waals surface area contributed by atoms with Gasteiger partial charge in [0.2, 0.25) is 0 Å². The predicted octanol–water partition coefficient (Wildman–Crippen LogP) is 3.28. The van der Waals surface area contributed by atoms with Crippen LogP contribution in [0.1, 0.15) is 58.3 Å². The second kappa shape index (κ2) is 7.49. The second-order valence-corrected chi connectivity index (χ2v) is 6.39. The Morgan fingerprint density at radius 2 is 1.78 bits per heavy atom. The van der Waals surface area contributed by atoms with E-state index in [-0.39, 0.29) is 0 Å². The molecule has 1 saturated carbocycles. The van der Waals surface area contributed by atoms with Crippen LogP contribution in [0.2, 0.25) is 0 Å². The molecule has 2 rings (SSSR count). The van der Waals surface area contributed by atoms with Crippen LogP contribution >= 0.6 is 0 Å². The monoisotopic (exact) mass is 252 g/mol. The molecule has 2 nitrogen and oxygen atoms in total. The van der Waals surface area contributed by atoms with Gasteiger partial charge in [-0.1, -0.05) is 26.2 Å². The zero-order chi connectivity index (χ0) is 12.8. The highest BCUT2D eigenvalue weighted by Gasteiger charge is 2.31. The number of nitrogens with one attached hydrogen (secondary N) is 1. The summed E-state index contributed by atoms with van der Waals surface area (Å²) >= 11 is 0. The van der Waals surface area contributed by atoms with Crippen molar-refractivity contribution >= 4 is 0 Å². The molecule has 0 aromatic carbocycles. The van der Waals surface area contributed by atoms with E-state index in [0.29, 0.717) is 0 Å². The van der Waals surface area contributed by atoms with Crippen LogP contribution in [0.5, 0.6) is 0 Å². The van der Waals surface area contributed by atoms with E-state index in [2.05, 4.69) is 24.2 Å². The molecular weight excluding hydrogens is 220 g/mol. The minimum Gasteiger partial charge on any atom is -0.320 e. The van der Waals surface area contributed by atoms with Gasteiger partial charge in [0, 0.05) is 6.04 Å². The van der Waals surface area contributed by atoms with E-state index in [1.54, 1.807) is 0 Å². The van der Waals surface area contributed by atoms with Crippen molar-refractivity contribution in [2.24, 2.45) is 11.8 Å². The second-order valence-electron chi connectivity index (χ2n) is 6.39. The minimum absolute atomic E-state index is 0.925. The molecule has 0 amide bonds. The lowest BCUT2D eigenvalue weighted by molar-refractivity contribution is 0.0653. The summed E-state index contributed by atoms with van der Waals surface area (Å²) in [6, 6.07) is 0.925. The van der Waals surface area contributed by atoms with Crippen LogP contribution in [-0.4, -0.2) is 37.6 Å². The third-order valence-electron chi connectivity index (χ3n) is 5.31. The molecule has 106 valence electrons. The van der Waals surface area contributed by atoms with Crippen LogP contribution < -0.4 is 5.32 Å². The van der Waals surface area contributed by atoms with Crippen molar-refractivity contribution in [2.45, 2.75) is 64.3 Å². The first-order valence-electron chi connectivity index (χ1n) is 8.23. The Labute approximate surface area is 114 Å². The van der Waals surface area contributed by atoms with Gasteiger partial charge in [-0.3, -0.25) is 0 Å². The summed E-state index contributed by atoms with van der Waals surface area (Å²) in [7, 11) is 2.07. The van der Waals surface area contributed by atoms with Gasteiger partial charge < -0.3 is 10.2 Å². The molecule has 1 aliphatic carbocycles. The highest BCUT2D eigenvalue weighted by atomic mass is 15.2. The van der Waals surface area contributed by atoms with Crippen LogP contribution in [0.25, 0.3) is 0 Å². The maximum Gasteiger partial charge on any atom is 0.0123 e. The first-order chi connectivity index (χ1) is 8.85. The van der Waals surface area contributed by atoms with E-state index in [9.17, 15) is 0 Å². The summed E-state index contributed by atoms with van der Waals surface area (Å²) in [6.07, 6.45) is 11.6. The molecule has 2 heteroatoms. The fourth-order valence-electron chi connectivity index (χ4n) is 4.07. The first-order valence-corrected chi connectivity index (χ1v) is 8.23. The zero-order valence-electron chi connectivity index (χ0n) is 12.5. The van der Waals surface area contributed by atoms with E-state index >= 15 is 0 Å². The van der Waals surface area contributed by atoms with Crippen molar-refractivity contribution in [3.8, 4) is 0 Å². The van der Waals surface area contributed by atoms with Crippen molar-refractivity contribution < 1.29 is 0 Å². The number of rotatable bonds is 5. The molecule has 0 radical (unpaired) electrons. The fourth-order valence-corrected chi connectivity index (χ4v) is 4.07. The highest BCUT2D eigenvalue weighted by Crippen LogP contribution is 2.33. The Balaban J connectivity index is 1.77. The Kier molecular flexibility index (Phi) is 5.97. The molecule has 18 heavy (non-hydrogen) atoms. The Morgan fingerprint density at radius 1 is 1.06 bits per heavy atom. The van der Waals surface area contributed by atoms with Crippen LogP contribution in [0.15, 0.2) is 0 Å². The van der Waals surface area contributed by atoms with Gasteiger partial charge in [0.05, 0.1) is 0 Å². The van der Waals surface area contributed by atoms with Crippen LogP contribution in [0, 0.1) is 11.8 Å². The average Bonchev–Trinajstić information content (AvgIpc) is 2.45. The summed E-state index contributed by atoms with van der Waals surface area (Å²) in [5.41, 5.74) is 0. The Hall–Kier alpha value is -0.0800. The standard InChI is InChI=1S/C16H32N2/c1-3-15-6-4-5-7-16(15)18-12-9-14(10-13-18)8-11-17-2/h14-17H,3-13H2,1-2H3.